The van der Waals surface area contributed by atoms with Gasteiger partial charge >= 0.3 is 0 Å². The Morgan fingerprint density at radius 1 is 1.26 bits per heavy atom. The van der Waals surface area contributed by atoms with Gasteiger partial charge in [-0.25, -0.2) is 19.2 Å². The third-order valence-corrected chi connectivity index (χ3v) is 6.74. The van der Waals surface area contributed by atoms with Crippen LogP contribution in [-0.2, 0) is 22.7 Å². The molecule has 8 nitrogen and oxygen atoms in total. The average molecular weight is 469 g/mol. The number of hydrogen-bond donors (Lipinski definition) is 2. The molecule has 2 atom stereocenters. The molecular formula is C24H25F2N5O3. The van der Waals surface area contributed by atoms with Crippen LogP contribution >= 0.6 is 0 Å². The zero-order valence-corrected chi connectivity index (χ0v) is 18.7. The number of hydrogen-bond acceptors (Lipinski definition) is 5. The molecule has 0 saturated carbocycles. The predicted molar refractivity (Wildman–Crippen MR) is 120 cm³/mol. The summed E-state index contributed by atoms with van der Waals surface area (Å²) in [6, 6.07) is 5.20. The van der Waals surface area contributed by atoms with Gasteiger partial charge in [0.25, 0.3) is 5.91 Å². The molecule has 5 rings (SSSR count). The van der Waals surface area contributed by atoms with Crippen LogP contribution in [0.3, 0.4) is 0 Å². The Bertz CT molecular complexity index is 1260. The van der Waals surface area contributed by atoms with Crippen LogP contribution in [0.1, 0.15) is 28.0 Å². The van der Waals surface area contributed by atoms with E-state index < -0.39 is 17.5 Å². The number of hydroxylamine groups is 1. The van der Waals surface area contributed by atoms with Gasteiger partial charge in [0.05, 0.1) is 31.3 Å². The molecule has 4 heterocycles. The third kappa shape index (κ3) is 4.26. The summed E-state index contributed by atoms with van der Waals surface area (Å²) in [7, 11) is 1.35. The first-order valence-corrected chi connectivity index (χ1v) is 11.2. The molecule has 2 aliphatic heterocycles. The lowest BCUT2D eigenvalue weighted by atomic mass is 9.88. The maximum absolute atomic E-state index is 14.3. The molecule has 178 valence electrons. The summed E-state index contributed by atoms with van der Waals surface area (Å²) < 4.78 is 29.6. The third-order valence-electron chi connectivity index (χ3n) is 6.74. The van der Waals surface area contributed by atoms with Crippen molar-refractivity contribution in [3.63, 3.8) is 0 Å². The van der Waals surface area contributed by atoms with Crippen LogP contribution in [0.15, 0.2) is 36.7 Å². The van der Waals surface area contributed by atoms with Crippen molar-refractivity contribution >= 4 is 22.7 Å². The molecule has 0 radical (unpaired) electrons. The predicted octanol–water partition coefficient (Wildman–Crippen LogP) is 2.22. The molecular weight excluding hydrogens is 444 g/mol. The fraction of sp³-hybridized carbons (Fsp3) is 0.375. The van der Waals surface area contributed by atoms with Crippen molar-refractivity contribution in [2.75, 3.05) is 26.7 Å². The second-order valence-electron chi connectivity index (χ2n) is 8.88. The van der Waals surface area contributed by atoms with Crippen molar-refractivity contribution in [2.45, 2.75) is 19.5 Å². The van der Waals surface area contributed by atoms with E-state index in [2.05, 4.69) is 20.7 Å². The highest BCUT2D eigenvalue weighted by molar-refractivity contribution is 5.96. The molecule has 10 heteroatoms. The van der Waals surface area contributed by atoms with Crippen LogP contribution in [0.25, 0.3) is 10.9 Å². The van der Waals surface area contributed by atoms with Crippen molar-refractivity contribution in [1.82, 2.24) is 25.2 Å². The summed E-state index contributed by atoms with van der Waals surface area (Å²) in [6.45, 7) is 3.02. The van der Waals surface area contributed by atoms with Gasteiger partial charge in [0.2, 0.25) is 5.91 Å². The highest BCUT2D eigenvalue weighted by Crippen LogP contribution is 2.30. The topological polar surface area (TPSA) is 88.5 Å². The van der Waals surface area contributed by atoms with E-state index in [1.807, 2.05) is 10.8 Å². The summed E-state index contributed by atoms with van der Waals surface area (Å²) in [5.41, 5.74) is 4.46. The summed E-state index contributed by atoms with van der Waals surface area (Å²) in [4.78, 5) is 35.7. The minimum absolute atomic E-state index is 0.0138. The number of nitrogens with one attached hydrogen (secondary N) is 2. The lowest BCUT2D eigenvalue weighted by Gasteiger charge is -2.33. The monoisotopic (exact) mass is 469 g/mol. The fourth-order valence-electron chi connectivity index (χ4n) is 4.98. The molecule has 3 aromatic rings. The van der Waals surface area contributed by atoms with Crippen LogP contribution in [0, 0.1) is 23.5 Å². The number of amides is 2. The molecule has 2 N–H and O–H groups in total. The number of aromatic nitrogens is 2. The van der Waals surface area contributed by atoms with E-state index in [4.69, 9.17) is 4.84 Å². The number of carbonyl (C=O) groups is 2. The van der Waals surface area contributed by atoms with Gasteiger partial charge in [0, 0.05) is 42.8 Å². The summed E-state index contributed by atoms with van der Waals surface area (Å²) in [5, 5.41) is 3.75. The number of pyridine rings is 1. The maximum atomic E-state index is 14.3. The van der Waals surface area contributed by atoms with Gasteiger partial charge in [0.1, 0.15) is 17.3 Å². The first-order chi connectivity index (χ1) is 16.4. The molecule has 2 aromatic heterocycles. The van der Waals surface area contributed by atoms with Crippen molar-refractivity contribution in [2.24, 2.45) is 11.8 Å². The maximum Gasteiger partial charge on any atom is 0.293 e. The number of carbonyl (C=O) groups excluding carboxylic acids is 2. The molecule has 2 aliphatic rings. The Labute approximate surface area is 194 Å². The second kappa shape index (κ2) is 9.11. The molecule has 0 bridgehead atoms. The Kier molecular flexibility index (Phi) is 6.01. The van der Waals surface area contributed by atoms with Gasteiger partial charge in [-0.15, -0.1) is 0 Å². The van der Waals surface area contributed by atoms with Gasteiger partial charge in [-0.3, -0.25) is 19.3 Å². The number of benzene rings is 1. The van der Waals surface area contributed by atoms with Crippen LogP contribution < -0.4 is 10.8 Å². The number of fused-ring (bicyclic) bond motifs is 2. The number of piperidine rings is 1. The standard InChI is InChI=1S/C24H25F2N5O3/c1-34-29-24(33)21-7-18-16(10-30-5-4-14-8-28-23(32)19(14)13-30)12-31(22(18)9-27-21)11-15-2-3-17(25)6-20(15)26/h2-3,6-7,9,12,14,19H,4-5,8,10-11,13H2,1H3,(H,28,32)(H,29,33)/t14-,19+/m1/s1. The Hall–Kier alpha value is -3.37. The number of likely N-dealkylation sites (tertiary alicyclic amines) is 1. The number of nitrogens with zero attached hydrogens (tertiary/aromatic N) is 3. The van der Waals surface area contributed by atoms with Crippen molar-refractivity contribution in [1.29, 1.82) is 0 Å². The van der Waals surface area contributed by atoms with Gasteiger partial charge in [-0.05, 0) is 36.6 Å². The first kappa shape index (κ1) is 22.4. The van der Waals surface area contributed by atoms with Crippen LogP contribution in [0.5, 0.6) is 0 Å². The normalized spacial score (nSPS) is 20.4. The Balaban J connectivity index is 1.49. The smallest absolute Gasteiger partial charge is 0.293 e. The van der Waals surface area contributed by atoms with E-state index in [-0.39, 0.29) is 24.1 Å². The summed E-state index contributed by atoms with van der Waals surface area (Å²) >= 11 is 0. The highest BCUT2D eigenvalue weighted by atomic mass is 19.1. The molecule has 34 heavy (non-hydrogen) atoms. The largest absolute Gasteiger partial charge is 0.356 e. The van der Waals surface area contributed by atoms with Crippen molar-refractivity contribution in [3.8, 4) is 0 Å². The zero-order valence-electron chi connectivity index (χ0n) is 18.7. The molecule has 0 aliphatic carbocycles. The fourth-order valence-corrected chi connectivity index (χ4v) is 4.98. The van der Waals surface area contributed by atoms with Crippen molar-refractivity contribution in [3.05, 3.63) is 65.1 Å². The molecule has 1 aromatic carbocycles. The van der Waals surface area contributed by atoms with Gasteiger partial charge in [0.15, 0.2) is 0 Å². The van der Waals surface area contributed by atoms with Crippen LogP contribution in [0.4, 0.5) is 8.78 Å². The minimum atomic E-state index is -0.630. The van der Waals surface area contributed by atoms with E-state index in [0.717, 1.165) is 42.0 Å². The minimum Gasteiger partial charge on any atom is -0.356 e. The van der Waals surface area contributed by atoms with E-state index in [1.54, 1.807) is 12.3 Å². The van der Waals surface area contributed by atoms with Crippen LogP contribution in [0.2, 0.25) is 0 Å². The Morgan fingerprint density at radius 2 is 2.12 bits per heavy atom. The Morgan fingerprint density at radius 3 is 2.91 bits per heavy atom. The highest BCUT2D eigenvalue weighted by Gasteiger charge is 2.38. The molecule has 2 saturated heterocycles. The molecule has 0 unspecified atom stereocenters. The SMILES string of the molecule is CONC(=O)c1cc2c(CN3CC[C@@H]4CNC(=O)[C@H]4C3)cn(Cc3ccc(F)cc3F)c2cn1. The number of rotatable bonds is 6. The zero-order chi connectivity index (χ0) is 23.8. The number of halogens is 2. The average Bonchev–Trinajstić information content (AvgIpc) is 3.35. The van der Waals surface area contributed by atoms with E-state index in [9.17, 15) is 18.4 Å². The van der Waals surface area contributed by atoms with E-state index >= 15 is 0 Å². The van der Waals surface area contributed by atoms with Crippen LogP contribution in [-0.4, -0.2) is 53.0 Å². The van der Waals surface area contributed by atoms with Gasteiger partial charge < -0.3 is 9.88 Å². The van der Waals surface area contributed by atoms with E-state index in [1.165, 1.54) is 19.2 Å². The quantitative estimate of drug-likeness (QED) is 0.541. The summed E-state index contributed by atoms with van der Waals surface area (Å²) in [5.74, 6) is -1.26. The molecule has 0 spiro atoms. The van der Waals surface area contributed by atoms with Gasteiger partial charge in [-0.2, -0.15) is 0 Å². The summed E-state index contributed by atoms with van der Waals surface area (Å²) in [6.07, 6.45) is 4.42. The molecule has 2 fully saturated rings. The van der Waals surface area contributed by atoms with E-state index in [0.29, 0.717) is 24.6 Å². The molecule has 2 amide bonds. The second-order valence-corrected chi connectivity index (χ2v) is 8.88. The first-order valence-electron chi connectivity index (χ1n) is 11.2. The van der Waals surface area contributed by atoms with Crippen molar-refractivity contribution < 1.29 is 23.2 Å². The lowest BCUT2D eigenvalue weighted by Crippen LogP contribution is -2.40. The lowest BCUT2D eigenvalue weighted by molar-refractivity contribution is -0.124. The van der Waals surface area contributed by atoms with Gasteiger partial charge in [-0.1, -0.05) is 6.07 Å².